The van der Waals surface area contributed by atoms with E-state index in [2.05, 4.69) is 32.7 Å². The van der Waals surface area contributed by atoms with Crippen molar-refractivity contribution in [2.75, 3.05) is 19.6 Å². The molecule has 10 heteroatoms. The number of benzene rings is 1. The highest BCUT2D eigenvalue weighted by Crippen LogP contribution is 2.21. The predicted octanol–water partition coefficient (Wildman–Crippen LogP) is 3.77. The number of nitrogens with zero attached hydrogens (tertiary/aromatic N) is 5. The van der Waals surface area contributed by atoms with Gasteiger partial charge in [-0.3, -0.25) is 4.90 Å². The van der Waals surface area contributed by atoms with Crippen LogP contribution in [-0.4, -0.2) is 51.3 Å². The Morgan fingerprint density at radius 2 is 2.07 bits per heavy atom. The molecule has 0 bridgehead atoms. The molecule has 7 nitrogen and oxygen atoms in total. The van der Waals surface area contributed by atoms with Crippen LogP contribution in [0.3, 0.4) is 0 Å². The summed E-state index contributed by atoms with van der Waals surface area (Å²) in [4.78, 5) is 7.25. The van der Waals surface area contributed by atoms with Crippen molar-refractivity contribution < 1.29 is 0 Å². The molecule has 0 radical (unpaired) electrons. The fourth-order valence-electron chi connectivity index (χ4n) is 3.51. The van der Waals surface area contributed by atoms with E-state index in [-0.39, 0.29) is 24.0 Å². The molecule has 2 aromatic rings. The highest BCUT2D eigenvalue weighted by Gasteiger charge is 2.22. The van der Waals surface area contributed by atoms with E-state index in [4.69, 9.17) is 28.2 Å². The number of aromatic nitrogens is 3. The third-order valence-corrected chi connectivity index (χ3v) is 6.02. The number of halogens is 3. The van der Waals surface area contributed by atoms with Gasteiger partial charge in [0.1, 0.15) is 5.82 Å². The molecule has 2 N–H and O–H groups in total. The molecular weight excluding hydrogens is 536 g/mol. The minimum Gasteiger partial charge on any atom is -0.355 e. The summed E-state index contributed by atoms with van der Waals surface area (Å²) in [5.74, 6) is 2.47. The van der Waals surface area contributed by atoms with Crippen molar-refractivity contribution in [3.05, 3.63) is 45.5 Å². The minimum absolute atomic E-state index is 0. The number of hydrogen-bond donors (Lipinski definition) is 2. The van der Waals surface area contributed by atoms with Gasteiger partial charge < -0.3 is 15.2 Å². The van der Waals surface area contributed by atoms with Gasteiger partial charge in [0.25, 0.3) is 0 Å². The smallest absolute Gasteiger partial charge is 0.192 e. The fraction of sp³-hybridized carbons (Fsp3) is 0.550. The largest absolute Gasteiger partial charge is 0.355 e. The number of hydrogen-bond acceptors (Lipinski definition) is 4. The summed E-state index contributed by atoms with van der Waals surface area (Å²) >= 11 is 12.3. The lowest BCUT2D eigenvalue weighted by Gasteiger charge is -2.24. The highest BCUT2D eigenvalue weighted by molar-refractivity contribution is 14.0. The van der Waals surface area contributed by atoms with Crippen molar-refractivity contribution in [3.63, 3.8) is 0 Å². The Morgan fingerprint density at radius 1 is 1.27 bits per heavy atom. The molecule has 0 amide bonds. The average Bonchev–Trinajstić information content (AvgIpc) is 3.29. The second-order valence-electron chi connectivity index (χ2n) is 7.28. The molecule has 1 aliphatic heterocycles. The summed E-state index contributed by atoms with van der Waals surface area (Å²) in [6, 6.07) is 6.02. The Bertz CT molecular complexity index is 856. The van der Waals surface area contributed by atoms with Gasteiger partial charge in [-0.1, -0.05) is 36.2 Å². The first-order valence-electron chi connectivity index (χ1n) is 10.0. The van der Waals surface area contributed by atoms with Crippen LogP contribution in [-0.2, 0) is 20.1 Å². The lowest BCUT2D eigenvalue weighted by molar-refractivity contribution is 0.267. The standard InChI is InChI=1S/C20H29Cl2N7.HI/c1-4-29-9-5-6-17(29)12-24-20(25-13-19-27-26-14(2)28(19)3)23-11-15-7-8-16(21)10-18(15)22;/h7-8,10,17H,4-6,9,11-13H2,1-3H3,(H2,23,24,25);1H. The van der Waals surface area contributed by atoms with Crippen LogP contribution in [0.4, 0.5) is 0 Å². The number of nitrogens with one attached hydrogen (secondary N) is 2. The van der Waals surface area contributed by atoms with E-state index < -0.39 is 0 Å². The molecule has 1 saturated heterocycles. The zero-order valence-electron chi connectivity index (χ0n) is 17.7. The maximum Gasteiger partial charge on any atom is 0.192 e. The first kappa shape index (κ1) is 25.2. The van der Waals surface area contributed by atoms with Gasteiger partial charge in [0, 0.05) is 29.7 Å². The van der Waals surface area contributed by atoms with E-state index in [1.54, 1.807) is 6.07 Å². The van der Waals surface area contributed by atoms with Crippen molar-refractivity contribution in [1.29, 1.82) is 0 Å². The summed E-state index contributed by atoms with van der Waals surface area (Å²) in [5.41, 5.74) is 0.933. The molecule has 30 heavy (non-hydrogen) atoms. The van der Waals surface area contributed by atoms with E-state index in [1.807, 2.05) is 30.7 Å². The van der Waals surface area contributed by atoms with Gasteiger partial charge in [-0.05, 0) is 50.6 Å². The quantitative estimate of drug-likeness (QED) is 0.304. The number of guanidine groups is 1. The molecule has 1 aromatic heterocycles. The molecule has 0 spiro atoms. The molecule has 166 valence electrons. The third-order valence-electron chi connectivity index (χ3n) is 5.43. The van der Waals surface area contributed by atoms with Crippen molar-refractivity contribution >= 4 is 53.1 Å². The van der Waals surface area contributed by atoms with Gasteiger partial charge in [0.2, 0.25) is 0 Å². The van der Waals surface area contributed by atoms with Gasteiger partial charge in [-0.15, -0.1) is 34.2 Å². The second kappa shape index (κ2) is 12.1. The molecule has 1 atom stereocenters. The molecule has 1 aromatic carbocycles. The fourth-order valence-corrected chi connectivity index (χ4v) is 3.98. The first-order valence-corrected chi connectivity index (χ1v) is 10.8. The molecule has 1 unspecified atom stereocenters. The molecule has 1 aliphatic rings. The first-order chi connectivity index (χ1) is 14.0. The summed E-state index contributed by atoms with van der Waals surface area (Å²) in [6.45, 7) is 8.25. The maximum absolute atomic E-state index is 6.31. The van der Waals surface area contributed by atoms with Crippen molar-refractivity contribution in [1.82, 2.24) is 30.3 Å². The number of aryl methyl sites for hydroxylation is 1. The van der Waals surface area contributed by atoms with E-state index in [0.717, 1.165) is 36.3 Å². The highest BCUT2D eigenvalue weighted by atomic mass is 127. The van der Waals surface area contributed by atoms with Crippen LogP contribution in [0.25, 0.3) is 0 Å². The van der Waals surface area contributed by atoms with E-state index in [0.29, 0.717) is 29.2 Å². The van der Waals surface area contributed by atoms with Gasteiger partial charge in [0.05, 0.1) is 13.1 Å². The molecular formula is C20H30Cl2IN7. The normalized spacial score (nSPS) is 17.1. The summed E-state index contributed by atoms with van der Waals surface area (Å²) in [7, 11) is 1.96. The number of likely N-dealkylation sites (N-methyl/N-ethyl adjacent to an activating group) is 1. The van der Waals surface area contributed by atoms with Gasteiger partial charge in [0.15, 0.2) is 11.8 Å². The minimum atomic E-state index is 0. The molecule has 0 saturated carbocycles. The number of aliphatic imine (C=N–C) groups is 1. The lowest BCUT2D eigenvalue weighted by atomic mass is 10.2. The van der Waals surface area contributed by atoms with Crippen LogP contribution >= 0.6 is 47.2 Å². The zero-order valence-corrected chi connectivity index (χ0v) is 21.5. The van der Waals surface area contributed by atoms with Crippen molar-refractivity contribution in [2.24, 2.45) is 12.0 Å². The van der Waals surface area contributed by atoms with Crippen LogP contribution in [0.2, 0.25) is 10.0 Å². The lowest BCUT2D eigenvalue weighted by Crippen LogP contribution is -2.44. The summed E-state index contributed by atoms with van der Waals surface area (Å²) < 4.78 is 1.97. The zero-order chi connectivity index (χ0) is 20.8. The van der Waals surface area contributed by atoms with Gasteiger partial charge >= 0.3 is 0 Å². The Hall–Kier alpha value is -1.10. The van der Waals surface area contributed by atoms with Crippen LogP contribution < -0.4 is 10.6 Å². The average molecular weight is 566 g/mol. The molecule has 1 fully saturated rings. The van der Waals surface area contributed by atoms with Crippen LogP contribution in [0.5, 0.6) is 0 Å². The van der Waals surface area contributed by atoms with Crippen molar-refractivity contribution in [3.8, 4) is 0 Å². The van der Waals surface area contributed by atoms with Crippen LogP contribution in [0.15, 0.2) is 23.2 Å². The Labute approximate surface area is 205 Å². The maximum atomic E-state index is 6.31. The van der Waals surface area contributed by atoms with E-state index in [1.165, 1.54) is 19.4 Å². The van der Waals surface area contributed by atoms with Gasteiger partial charge in [-0.25, -0.2) is 4.99 Å². The Kier molecular flexibility index (Phi) is 10.1. The third kappa shape index (κ3) is 6.70. The molecule has 0 aliphatic carbocycles. The second-order valence-corrected chi connectivity index (χ2v) is 8.13. The summed E-state index contributed by atoms with van der Waals surface area (Å²) in [6.07, 6.45) is 2.46. The van der Waals surface area contributed by atoms with Crippen molar-refractivity contribution in [2.45, 2.75) is 45.8 Å². The van der Waals surface area contributed by atoms with E-state index in [9.17, 15) is 0 Å². The predicted molar refractivity (Wildman–Crippen MR) is 134 cm³/mol. The van der Waals surface area contributed by atoms with Gasteiger partial charge in [-0.2, -0.15) is 0 Å². The van der Waals surface area contributed by atoms with Crippen LogP contribution in [0, 0.1) is 6.92 Å². The Balaban J connectivity index is 0.00000320. The van der Waals surface area contributed by atoms with Crippen LogP contribution in [0.1, 0.15) is 37.0 Å². The SMILES string of the molecule is CCN1CCCC1CNC(=NCc1ccc(Cl)cc1Cl)NCc1nnc(C)n1C.I. The monoisotopic (exact) mass is 565 g/mol. The Morgan fingerprint density at radius 3 is 2.73 bits per heavy atom. The number of rotatable bonds is 7. The molecule has 3 rings (SSSR count). The van der Waals surface area contributed by atoms with E-state index >= 15 is 0 Å². The topological polar surface area (TPSA) is 70.4 Å². The molecule has 2 heterocycles. The number of likely N-dealkylation sites (tertiary alicyclic amines) is 1. The summed E-state index contributed by atoms with van der Waals surface area (Å²) in [5, 5.41) is 16.4.